The molecule has 1 aliphatic rings. The van der Waals surface area contributed by atoms with Gasteiger partial charge in [0.15, 0.2) is 6.71 Å². The van der Waals surface area contributed by atoms with Crippen LogP contribution in [0.15, 0.2) is 18.3 Å². The molecule has 0 aliphatic carbocycles. The second-order valence-electron chi connectivity index (χ2n) is 6.75. The van der Waals surface area contributed by atoms with Crippen LogP contribution in [0.3, 0.4) is 0 Å². The summed E-state index contributed by atoms with van der Waals surface area (Å²) in [5.41, 5.74) is 2.95. The Bertz CT molecular complexity index is 470. The van der Waals surface area contributed by atoms with Crippen LogP contribution in [0.5, 0.6) is 0 Å². The molecule has 1 aromatic heterocycles. The molecule has 1 aromatic rings. The lowest BCUT2D eigenvalue weighted by Gasteiger charge is -2.35. The Balaban J connectivity index is 2.33. The fraction of sp³-hybridized carbons (Fsp3) is 0.600. The Hall–Kier alpha value is -1.30. The summed E-state index contributed by atoms with van der Waals surface area (Å²) >= 11 is 0. The summed E-state index contributed by atoms with van der Waals surface area (Å²) in [6.07, 6.45) is 4.59. The lowest BCUT2D eigenvalue weighted by atomic mass is 9.41. The summed E-state index contributed by atoms with van der Waals surface area (Å²) in [5.74, 6) is 0. The van der Waals surface area contributed by atoms with Gasteiger partial charge < -0.3 is 0 Å². The maximum atomic E-state index is 8.90. The Morgan fingerprint density at radius 3 is 2.44 bits per heavy atom. The molecule has 0 atom stereocenters. The van der Waals surface area contributed by atoms with Crippen molar-refractivity contribution in [3.63, 3.8) is 0 Å². The number of pyridine rings is 1. The highest BCUT2D eigenvalue weighted by molar-refractivity contribution is 6.74. The smallest absolute Gasteiger partial charge is 0.179 e. The third kappa shape index (κ3) is 2.17. The number of hydrogen-bond acceptors (Lipinski definition) is 2. The van der Waals surface area contributed by atoms with E-state index in [2.05, 4.69) is 44.8 Å². The van der Waals surface area contributed by atoms with Crippen LogP contribution in [0.4, 0.5) is 0 Å². The van der Waals surface area contributed by atoms with E-state index in [0.717, 1.165) is 5.69 Å². The van der Waals surface area contributed by atoms with Crippen molar-refractivity contribution in [1.29, 1.82) is 5.26 Å². The Kier molecular flexibility index (Phi) is 3.23. The second kappa shape index (κ2) is 4.42. The van der Waals surface area contributed by atoms with Crippen molar-refractivity contribution in [2.75, 3.05) is 0 Å². The van der Waals surface area contributed by atoms with E-state index in [1.54, 1.807) is 6.20 Å². The topological polar surface area (TPSA) is 36.7 Å². The third-order valence-electron chi connectivity index (χ3n) is 4.96. The lowest BCUT2D eigenvalue weighted by Crippen LogP contribution is -2.32. The zero-order valence-electron chi connectivity index (χ0n) is 11.8. The van der Waals surface area contributed by atoms with Gasteiger partial charge in [-0.2, -0.15) is 5.26 Å². The average Bonchev–Trinajstić information content (AvgIpc) is 2.49. The van der Waals surface area contributed by atoms with Crippen LogP contribution in [0, 0.1) is 22.2 Å². The van der Waals surface area contributed by atoms with Crippen molar-refractivity contribution in [2.24, 2.45) is 10.8 Å². The predicted molar refractivity (Wildman–Crippen MR) is 76.1 cm³/mol. The van der Waals surface area contributed by atoms with Crippen molar-refractivity contribution in [3.05, 3.63) is 24.0 Å². The summed E-state index contributed by atoms with van der Waals surface area (Å²) in [6, 6.07) is 6.38. The first kappa shape index (κ1) is 13.1. The molecule has 0 unspecified atom stereocenters. The van der Waals surface area contributed by atoms with Crippen LogP contribution in [0.1, 0.15) is 33.4 Å². The highest BCUT2D eigenvalue weighted by Crippen LogP contribution is 2.52. The van der Waals surface area contributed by atoms with Gasteiger partial charge in [-0.3, -0.25) is 4.98 Å². The molecule has 0 saturated carbocycles. The molecule has 2 nitrogen and oxygen atoms in total. The van der Waals surface area contributed by atoms with Gasteiger partial charge in [0.25, 0.3) is 0 Å². The van der Waals surface area contributed by atoms with Crippen LogP contribution < -0.4 is 5.46 Å². The van der Waals surface area contributed by atoms with Gasteiger partial charge >= 0.3 is 0 Å². The zero-order chi connectivity index (χ0) is 13.4. The van der Waals surface area contributed by atoms with Gasteiger partial charge in [0, 0.05) is 11.9 Å². The predicted octanol–water partition coefficient (Wildman–Crippen LogP) is 2.92. The molecule has 0 bridgehead atoms. The number of nitrogens with zero attached hydrogens (tertiary/aromatic N) is 2. The minimum absolute atomic E-state index is 0.345. The van der Waals surface area contributed by atoms with Gasteiger partial charge in [-0.05, 0) is 16.9 Å². The quantitative estimate of drug-likeness (QED) is 0.745. The van der Waals surface area contributed by atoms with E-state index in [1.807, 2.05) is 6.07 Å². The minimum atomic E-state index is 0.345. The van der Waals surface area contributed by atoms with E-state index in [1.165, 1.54) is 18.1 Å². The van der Waals surface area contributed by atoms with E-state index in [9.17, 15) is 0 Å². The molecule has 3 heteroatoms. The normalized spacial score (nSPS) is 20.7. The number of aromatic nitrogens is 1. The molecule has 1 fully saturated rings. The van der Waals surface area contributed by atoms with Crippen molar-refractivity contribution in [3.8, 4) is 6.07 Å². The Morgan fingerprint density at radius 1 is 1.28 bits per heavy atom. The van der Waals surface area contributed by atoms with Crippen LogP contribution in [0.25, 0.3) is 0 Å². The molecular weight excluding hydrogens is 219 g/mol. The molecule has 1 saturated heterocycles. The molecule has 0 N–H and O–H groups in total. The molecule has 18 heavy (non-hydrogen) atoms. The minimum Gasteiger partial charge on any atom is -0.261 e. The molecule has 0 spiro atoms. The molecule has 0 aromatic carbocycles. The van der Waals surface area contributed by atoms with E-state index >= 15 is 0 Å². The third-order valence-corrected chi connectivity index (χ3v) is 4.96. The fourth-order valence-electron chi connectivity index (χ4n) is 3.12. The second-order valence-corrected chi connectivity index (χ2v) is 6.75. The maximum absolute atomic E-state index is 8.90. The monoisotopic (exact) mass is 240 g/mol. The number of rotatable bonds is 2. The largest absolute Gasteiger partial charge is 0.261 e. The average molecular weight is 240 g/mol. The first-order valence-corrected chi connectivity index (χ1v) is 6.68. The summed E-state index contributed by atoms with van der Waals surface area (Å²) < 4.78 is 0. The van der Waals surface area contributed by atoms with Gasteiger partial charge in [0.05, 0.1) is 12.5 Å². The molecular formula is C15H21BN2. The van der Waals surface area contributed by atoms with Crippen molar-refractivity contribution >= 4 is 12.2 Å². The first-order chi connectivity index (χ1) is 8.37. The number of hydrogen-bond donors (Lipinski definition) is 0. The summed E-state index contributed by atoms with van der Waals surface area (Å²) in [6.45, 7) is 9.97. The Labute approximate surface area is 111 Å². The first-order valence-electron chi connectivity index (χ1n) is 6.68. The highest BCUT2D eigenvalue weighted by Gasteiger charge is 2.48. The fourth-order valence-corrected chi connectivity index (χ4v) is 3.12. The van der Waals surface area contributed by atoms with Gasteiger partial charge in [0.2, 0.25) is 0 Å². The molecule has 0 amide bonds. The Morgan fingerprint density at radius 2 is 1.89 bits per heavy atom. The van der Waals surface area contributed by atoms with Gasteiger partial charge in [-0.15, -0.1) is 0 Å². The van der Waals surface area contributed by atoms with Crippen molar-refractivity contribution in [1.82, 2.24) is 4.98 Å². The molecule has 2 heterocycles. The zero-order valence-corrected chi connectivity index (χ0v) is 11.8. The van der Waals surface area contributed by atoms with E-state index in [-0.39, 0.29) is 0 Å². The summed E-state index contributed by atoms with van der Waals surface area (Å²) in [7, 11) is 0. The summed E-state index contributed by atoms with van der Waals surface area (Å²) in [5, 5.41) is 8.90. The molecule has 0 radical (unpaired) electrons. The highest BCUT2D eigenvalue weighted by atomic mass is 14.7. The SMILES string of the molecule is CC1(C)CB(c2cccnc2CC#N)CC1(C)C. The van der Waals surface area contributed by atoms with Crippen molar-refractivity contribution in [2.45, 2.75) is 46.8 Å². The van der Waals surface area contributed by atoms with Crippen LogP contribution >= 0.6 is 0 Å². The molecule has 94 valence electrons. The lowest BCUT2D eigenvalue weighted by molar-refractivity contribution is 0.177. The van der Waals surface area contributed by atoms with E-state index in [4.69, 9.17) is 5.26 Å². The standard InChI is InChI=1S/C15H21BN2/c1-14(2)10-16(11-15(14,3)4)12-6-5-9-18-13(12)7-8-17/h5-6,9H,7,10-11H2,1-4H3. The van der Waals surface area contributed by atoms with Crippen LogP contribution in [0.2, 0.25) is 12.6 Å². The summed E-state index contributed by atoms with van der Waals surface area (Å²) in [4.78, 5) is 4.39. The van der Waals surface area contributed by atoms with Crippen molar-refractivity contribution < 1.29 is 0 Å². The van der Waals surface area contributed by atoms with Gasteiger partial charge in [0.1, 0.15) is 0 Å². The molecule has 2 rings (SSSR count). The van der Waals surface area contributed by atoms with Crippen LogP contribution in [-0.4, -0.2) is 11.7 Å². The van der Waals surface area contributed by atoms with E-state index in [0.29, 0.717) is 24.0 Å². The van der Waals surface area contributed by atoms with Gasteiger partial charge in [-0.1, -0.05) is 51.9 Å². The van der Waals surface area contributed by atoms with E-state index < -0.39 is 0 Å². The number of nitriles is 1. The van der Waals surface area contributed by atoms with Gasteiger partial charge in [-0.25, -0.2) is 0 Å². The maximum Gasteiger partial charge on any atom is 0.179 e. The molecule has 1 aliphatic heterocycles. The van der Waals surface area contributed by atoms with Crippen LogP contribution in [-0.2, 0) is 6.42 Å².